The van der Waals surface area contributed by atoms with Gasteiger partial charge >= 0.3 is 0 Å². The fraction of sp³-hybridized carbons (Fsp3) is 0.385. The average Bonchev–Trinajstić information content (AvgIpc) is 3.55. The summed E-state index contributed by atoms with van der Waals surface area (Å²) in [5, 5.41) is 2.84. The van der Waals surface area contributed by atoms with Gasteiger partial charge in [0.2, 0.25) is 10.0 Å². The predicted molar refractivity (Wildman–Crippen MR) is 142 cm³/mol. The van der Waals surface area contributed by atoms with Crippen LogP contribution < -0.4 is 4.90 Å². The van der Waals surface area contributed by atoms with E-state index in [0.29, 0.717) is 11.4 Å². The molecule has 0 spiro atoms. The van der Waals surface area contributed by atoms with E-state index in [1.54, 1.807) is 40.4 Å². The van der Waals surface area contributed by atoms with Gasteiger partial charge in [0, 0.05) is 67.3 Å². The van der Waals surface area contributed by atoms with Crippen molar-refractivity contribution < 1.29 is 8.42 Å². The summed E-state index contributed by atoms with van der Waals surface area (Å²) in [6, 6.07) is 15.7. The Morgan fingerprint density at radius 2 is 1.80 bits per heavy atom. The van der Waals surface area contributed by atoms with Gasteiger partial charge in [-0.3, -0.25) is 9.88 Å². The highest BCUT2D eigenvalue weighted by molar-refractivity contribution is 7.89. The molecule has 6 rings (SSSR count). The van der Waals surface area contributed by atoms with Crippen molar-refractivity contribution in [3.63, 3.8) is 0 Å². The maximum atomic E-state index is 13.7. The zero-order chi connectivity index (χ0) is 23.8. The van der Waals surface area contributed by atoms with Crippen LogP contribution in [0.2, 0.25) is 0 Å². The number of rotatable bonds is 6. The van der Waals surface area contributed by atoms with Crippen LogP contribution in [-0.2, 0) is 10.0 Å². The third kappa shape index (κ3) is 4.31. The number of piperazine rings is 1. The van der Waals surface area contributed by atoms with Gasteiger partial charge in [0.1, 0.15) is 5.82 Å². The maximum Gasteiger partial charge on any atom is 0.243 e. The van der Waals surface area contributed by atoms with E-state index in [1.807, 2.05) is 12.1 Å². The molecule has 1 atom stereocenters. The van der Waals surface area contributed by atoms with E-state index >= 15 is 0 Å². The first-order valence-corrected chi connectivity index (χ1v) is 14.5. The van der Waals surface area contributed by atoms with Crippen molar-refractivity contribution in [2.75, 3.05) is 44.2 Å². The summed E-state index contributed by atoms with van der Waals surface area (Å²) >= 11 is 1.57. The number of benzene rings is 2. The first-order chi connectivity index (χ1) is 17.1. The van der Waals surface area contributed by atoms with Crippen LogP contribution in [-0.4, -0.2) is 72.3 Å². The Balaban J connectivity index is 1.11. The number of sulfonamides is 1. The minimum Gasteiger partial charge on any atom is -0.353 e. The number of hydrogen-bond donors (Lipinski definition) is 0. The fourth-order valence-corrected chi connectivity index (χ4v) is 8.21. The van der Waals surface area contributed by atoms with Gasteiger partial charge in [-0.2, -0.15) is 8.68 Å². The highest BCUT2D eigenvalue weighted by Gasteiger charge is 2.36. The van der Waals surface area contributed by atoms with Crippen LogP contribution >= 0.6 is 11.5 Å². The summed E-state index contributed by atoms with van der Waals surface area (Å²) in [5.41, 5.74) is 0. The van der Waals surface area contributed by atoms with Crippen LogP contribution in [0.15, 0.2) is 65.8 Å². The molecule has 0 aliphatic carbocycles. The van der Waals surface area contributed by atoms with E-state index in [0.717, 1.165) is 68.6 Å². The zero-order valence-corrected chi connectivity index (χ0v) is 21.2. The quantitative estimate of drug-likeness (QED) is 0.389. The largest absolute Gasteiger partial charge is 0.353 e. The lowest BCUT2D eigenvalue weighted by Crippen LogP contribution is -2.48. The molecular formula is C26H29N5O2S2. The van der Waals surface area contributed by atoms with Gasteiger partial charge in [-0.25, -0.2) is 8.42 Å². The third-order valence-electron chi connectivity index (χ3n) is 7.36. The minimum atomic E-state index is -3.55. The molecule has 9 heteroatoms. The highest BCUT2D eigenvalue weighted by atomic mass is 32.2. The molecule has 2 aromatic heterocycles. The van der Waals surface area contributed by atoms with Crippen LogP contribution in [0.5, 0.6) is 0 Å². The van der Waals surface area contributed by atoms with Gasteiger partial charge < -0.3 is 4.90 Å². The van der Waals surface area contributed by atoms with Crippen LogP contribution in [0.1, 0.15) is 19.3 Å². The van der Waals surface area contributed by atoms with E-state index in [9.17, 15) is 8.42 Å². The molecule has 2 aromatic carbocycles. The molecule has 0 radical (unpaired) electrons. The molecule has 2 aliphatic heterocycles. The summed E-state index contributed by atoms with van der Waals surface area (Å²) in [6.45, 7) is 5.36. The van der Waals surface area contributed by atoms with Gasteiger partial charge in [0.05, 0.1) is 9.60 Å². The number of nitrogens with zero attached hydrogens (tertiary/aromatic N) is 5. The second kappa shape index (κ2) is 9.46. The van der Waals surface area contributed by atoms with Crippen LogP contribution in [0.3, 0.4) is 0 Å². The molecule has 2 saturated heterocycles. The summed E-state index contributed by atoms with van der Waals surface area (Å²) in [5.74, 6) is 1.10. The van der Waals surface area contributed by atoms with Gasteiger partial charge in [0.15, 0.2) is 0 Å². The van der Waals surface area contributed by atoms with E-state index in [-0.39, 0.29) is 6.04 Å². The lowest BCUT2D eigenvalue weighted by molar-refractivity contribution is 0.232. The van der Waals surface area contributed by atoms with Crippen LogP contribution in [0, 0.1) is 0 Å². The van der Waals surface area contributed by atoms with Crippen molar-refractivity contribution >= 4 is 48.2 Å². The van der Waals surface area contributed by atoms with E-state index in [4.69, 9.17) is 4.37 Å². The van der Waals surface area contributed by atoms with Crippen molar-refractivity contribution in [1.82, 2.24) is 18.6 Å². The number of aromatic nitrogens is 2. The Labute approximate surface area is 210 Å². The Morgan fingerprint density at radius 1 is 0.943 bits per heavy atom. The standard InChI is InChI=1S/C26H29N5O2S2/c32-35(33,25-9-3-5-20-19-27-12-10-22(20)25)31-13-4-6-21(31)11-14-29-15-17-30(18-16-29)26-23-7-1-2-8-24(23)34-28-26/h1-3,5,7-10,12,19,21H,4,6,11,13-18H2/t21-/m0/s1. The molecule has 7 nitrogen and oxygen atoms in total. The molecule has 0 bridgehead atoms. The molecule has 182 valence electrons. The number of hydrogen-bond acceptors (Lipinski definition) is 7. The van der Waals surface area contributed by atoms with Crippen molar-refractivity contribution in [2.24, 2.45) is 0 Å². The predicted octanol–water partition coefficient (Wildman–Crippen LogP) is 4.21. The normalized spacial score (nSPS) is 20.2. The van der Waals surface area contributed by atoms with Crippen molar-refractivity contribution in [3.05, 3.63) is 60.9 Å². The smallest absolute Gasteiger partial charge is 0.243 e. The number of fused-ring (bicyclic) bond motifs is 2. The maximum absolute atomic E-state index is 13.7. The molecule has 0 saturated carbocycles. The first kappa shape index (κ1) is 22.8. The highest BCUT2D eigenvalue weighted by Crippen LogP contribution is 2.32. The number of anilines is 1. The Kier molecular flexibility index (Phi) is 6.18. The molecule has 4 heterocycles. The second-order valence-corrected chi connectivity index (χ2v) is 12.0. The van der Waals surface area contributed by atoms with Gasteiger partial charge in [-0.15, -0.1) is 0 Å². The fourth-order valence-electron chi connectivity index (χ4n) is 5.47. The molecule has 35 heavy (non-hydrogen) atoms. The number of pyridine rings is 1. The van der Waals surface area contributed by atoms with Crippen molar-refractivity contribution in [3.8, 4) is 0 Å². The van der Waals surface area contributed by atoms with Gasteiger partial charge in [0.25, 0.3) is 0 Å². The summed E-state index contributed by atoms with van der Waals surface area (Å²) < 4.78 is 35.0. The Morgan fingerprint density at radius 3 is 2.69 bits per heavy atom. The van der Waals surface area contributed by atoms with Crippen LogP contribution in [0.4, 0.5) is 5.82 Å². The Hall–Kier alpha value is -2.59. The summed E-state index contributed by atoms with van der Waals surface area (Å²) in [4.78, 5) is 9.40. The van der Waals surface area contributed by atoms with Crippen molar-refractivity contribution in [1.29, 1.82) is 0 Å². The van der Waals surface area contributed by atoms with E-state index in [1.165, 1.54) is 10.1 Å². The minimum absolute atomic E-state index is 0.0533. The average molecular weight is 508 g/mol. The van der Waals surface area contributed by atoms with Gasteiger partial charge in [-0.1, -0.05) is 24.3 Å². The molecule has 2 aliphatic rings. The molecule has 2 fully saturated rings. The monoisotopic (exact) mass is 507 g/mol. The van der Waals surface area contributed by atoms with E-state index in [2.05, 4.69) is 39.0 Å². The van der Waals surface area contributed by atoms with Crippen LogP contribution in [0.25, 0.3) is 20.9 Å². The lowest BCUT2D eigenvalue weighted by Gasteiger charge is -2.36. The Bertz CT molecular complexity index is 1440. The summed E-state index contributed by atoms with van der Waals surface area (Å²) in [6.07, 6.45) is 6.10. The van der Waals surface area contributed by atoms with Gasteiger partial charge in [-0.05, 0) is 61.6 Å². The second-order valence-electron chi connectivity index (χ2n) is 9.38. The third-order valence-corrected chi connectivity index (χ3v) is 10.2. The molecule has 0 amide bonds. The molecular weight excluding hydrogens is 478 g/mol. The SMILES string of the molecule is O=S(=O)(c1cccc2cnccc12)N1CCC[C@H]1CCN1CCN(c2nsc3ccccc23)CC1. The summed E-state index contributed by atoms with van der Waals surface area (Å²) in [7, 11) is -3.55. The molecule has 4 aromatic rings. The lowest BCUT2D eigenvalue weighted by atomic mass is 10.1. The first-order valence-electron chi connectivity index (χ1n) is 12.3. The topological polar surface area (TPSA) is 69.6 Å². The van der Waals surface area contributed by atoms with Crippen molar-refractivity contribution in [2.45, 2.75) is 30.2 Å². The molecule has 0 unspecified atom stereocenters. The van der Waals surface area contributed by atoms with E-state index < -0.39 is 10.0 Å². The molecule has 0 N–H and O–H groups in total. The zero-order valence-electron chi connectivity index (χ0n) is 19.6.